The van der Waals surface area contributed by atoms with Gasteiger partial charge in [0.25, 0.3) is 0 Å². The summed E-state index contributed by atoms with van der Waals surface area (Å²) in [5.41, 5.74) is 0. The highest BCUT2D eigenvalue weighted by atomic mass is 127. The molecule has 0 radical (unpaired) electrons. The van der Waals surface area contributed by atoms with Crippen molar-refractivity contribution in [3.8, 4) is 5.75 Å². The second-order valence-electron chi connectivity index (χ2n) is 2.17. The molecule has 12 heavy (non-hydrogen) atoms. The van der Waals surface area contributed by atoms with Crippen LogP contribution in [0.15, 0.2) is 30.9 Å². The third-order valence-corrected chi connectivity index (χ3v) is 2.14. The van der Waals surface area contributed by atoms with Crippen LogP contribution in [0.25, 0.3) is 0 Å². The minimum atomic E-state index is -0.283. The summed E-state index contributed by atoms with van der Waals surface area (Å²) in [4.78, 5) is 0. The Bertz CT molecular complexity index is 286. The van der Waals surface area contributed by atoms with Crippen LogP contribution in [0.5, 0.6) is 5.75 Å². The molecule has 0 amide bonds. The van der Waals surface area contributed by atoms with Gasteiger partial charge in [0, 0.05) is 6.07 Å². The van der Waals surface area contributed by atoms with Gasteiger partial charge in [-0.1, -0.05) is 12.7 Å². The lowest BCUT2D eigenvalue weighted by Crippen LogP contribution is -1.95. The zero-order valence-corrected chi connectivity index (χ0v) is 8.55. The van der Waals surface area contributed by atoms with Gasteiger partial charge in [-0.15, -0.1) is 0 Å². The molecule has 0 saturated heterocycles. The third kappa shape index (κ3) is 2.48. The maximum Gasteiger partial charge on any atom is 0.136 e. The van der Waals surface area contributed by atoms with Crippen molar-refractivity contribution in [3.05, 3.63) is 40.2 Å². The smallest absolute Gasteiger partial charge is 0.136 e. The third-order valence-electron chi connectivity index (χ3n) is 1.25. The quantitative estimate of drug-likeness (QED) is 0.610. The first-order valence-electron chi connectivity index (χ1n) is 3.43. The summed E-state index contributed by atoms with van der Waals surface area (Å²) in [7, 11) is 0. The number of ether oxygens (including phenoxy) is 1. The van der Waals surface area contributed by atoms with Gasteiger partial charge in [0.1, 0.15) is 18.2 Å². The maximum atomic E-state index is 12.7. The van der Waals surface area contributed by atoms with Crippen LogP contribution in [-0.2, 0) is 0 Å². The summed E-state index contributed by atoms with van der Waals surface area (Å²) < 4.78 is 18.8. The van der Waals surface area contributed by atoms with Crippen molar-refractivity contribution >= 4 is 22.6 Å². The van der Waals surface area contributed by atoms with E-state index in [1.165, 1.54) is 12.1 Å². The van der Waals surface area contributed by atoms with E-state index in [9.17, 15) is 4.39 Å². The summed E-state index contributed by atoms with van der Waals surface area (Å²) in [6.07, 6.45) is 1.63. The Kier molecular flexibility index (Phi) is 3.52. The Morgan fingerprint density at radius 1 is 1.58 bits per heavy atom. The molecule has 0 atom stereocenters. The van der Waals surface area contributed by atoms with E-state index in [1.807, 2.05) is 0 Å². The molecule has 0 spiro atoms. The van der Waals surface area contributed by atoms with Gasteiger partial charge >= 0.3 is 0 Å². The van der Waals surface area contributed by atoms with Crippen LogP contribution in [-0.4, -0.2) is 6.61 Å². The van der Waals surface area contributed by atoms with Crippen LogP contribution in [0.1, 0.15) is 0 Å². The van der Waals surface area contributed by atoms with Crippen molar-refractivity contribution in [1.82, 2.24) is 0 Å². The molecule has 0 unspecified atom stereocenters. The number of rotatable bonds is 3. The van der Waals surface area contributed by atoms with Crippen molar-refractivity contribution < 1.29 is 9.13 Å². The predicted molar refractivity (Wildman–Crippen MR) is 54.8 cm³/mol. The van der Waals surface area contributed by atoms with Gasteiger partial charge in [0.15, 0.2) is 0 Å². The standard InChI is InChI=1S/C9H8FIO/c1-2-5-12-9-6-7(10)3-4-8(9)11/h2-4,6H,1,5H2. The molecule has 0 aliphatic carbocycles. The molecule has 0 heterocycles. The molecule has 0 saturated carbocycles. The van der Waals surface area contributed by atoms with Crippen LogP contribution >= 0.6 is 22.6 Å². The van der Waals surface area contributed by atoms with Gasteiger partial charge in [-0.25, -0.2) is 4.39 Å². The molecule has 1 nitrogen and oxygen atoms in total. The van der Waals surface area contributed by atoms with Crippen molar-refractivity contribution in [2.45, 2.75) is 0 Å². The highest BCUT2D eigenvalue weighted by molar-refractivity contribution is 14.1. The molecule has 0 bridgehead atoms. The predicted octanol–water partition coefficient (Wildman–Crippen LogP) is 3.00. The molecule has 3 heteroatoms. The second-order valence-corrected chi connectivity index (χ2v) is 3.34. The molecule has 64 valence electrons. The average Bonchev–Trinajstić information content (AvgIpc) is 2.07. The number of halogens is 2. The lowest BCUT2D eigenvalue weighted by atomic mass is 10.3. The molecule has 0 fully saturated rings. The van der Waals surface area contributed by atoms with Gasteiger partial charge in [-0.05, 0) is 34.7 Å². The van der Waals surface area contributed by atoms with E-state index in [-0.39, 0.29) is 5.82 Å². The molecular weight excluding hydrogens is 270 g/mol. The summed E-state index contributed by atoms with van der Waals surface area (Å²) in [5.74, 6) is 0.282. The van der Waals surface area contributed by atoms with Crippen molar-refractivity contribution in [1.29, 1.82) is 0 Å². The van der Waals surface area contributed by atoms with Gasteiger partial charge in [0.05, 0.1) is 3.57 Å². The Balaban J connectivity index is 2.82. The number of benzene rings is 1. The van der Waals surface area contributed by atoms with E-state index in [0.717, 1.165) is 3.57 Å². The van der Waals surface area contributed by atoms with Crippen LogP contribution in [0.2, 0.25) is 0 Å². The SMILES string of the molecule is C=CCOc1cc(F)ccc1I. The number of hydrogen-bond donors (Lipinski definition) is 0. The molecule has 1 aromatic carbocycles. The highest BCUT2D eigenvalue weighted by Crippen LogP contribution is 2.21. The first kappa shape index (κ1) is 9.51. The lowest BCUT2D eigenvalue weighted by Gasteiger charge is -2.04. The molecule has 0 aliphatic rings. The normalized spacial score (nSPS) is 9.50. The zero-order valence-electron chi connectivity index (χ0n) is 6.39. The lowest BCUT2D eigenvalue weighted by molar-refractivity contribution is 0.358. The first-order chi connectivity index (χ1) is 5.74. The van der Waals surface area contributed by atoms with Gasteiger partial charge < -0.3 is 4.74 Å². The second kappa shape index (κ2) is 4.45. The van der Waals surface area contributed by atoms with Crippen LogP contribution < -0.4 is 4.74 Å². The zero-order chi connectivity index (χ0) is 8.97. The van der Waals surface area contributed by atoms with Crippen molar-refractivity contribution in [2.75, 3.05) is 6.61 Å². The minimum Gasteiger partial charge on any atom is -0.488 e. The minimum absolute atomic E-state index is 0.283. The van der Waals surface area contributed by atoms with Crippen molar-refractivity contribution in [3.63, 3.8) is 0 Å². The summed E-state index contributed by atoms with van der Waals surface area (Å²) >= 11 is 2.09. The van der Waals surface area contributed by atoms with Crippen LogP contribution in [0.3, 0.4) is 0 Å². The van der Waals surface area contributed by atoms with Crippen LogP contribution in [0.4, 0.5) is 4.39 Å². The van der Waals surface area contributed by atoms with E-state index in [0.29, 0.717) is 12.4 Å². The Morgan fingerprint density at radius 3 is 3.00 bits per heavy atom. The maximum absolute atomic E-state index is 12.7. The number of hydrogen-bond acceptors (Lipinski definition) is 1. The molecule has 0 aromatic heterocycles. The van der Waals surface area contributed by atoms with Gasteiger partial charge in [0.2, 0.25) is 0 Å². The molecular formula is C9H8FIO. The molecule has 1 rings (SSSR count). The molecule has 0 N–H and O–H groups in total. The van der Waals surface area contributed by atoms with Crippen molar-refractivity contribution in [2.24, 2.45) is 0 Å². The van der Waals surface area contributed by atoms with Gasteiger partial charge in [-0.2, -0.15) is 0 Å². The fourth-order valence-corrected chi connectivity index (χ4v) is 1.23. The van der Waals surface area contributed by atoms with E-state index in [2.05, 4.69) is 29.2 Å². The van der Waals surface area contributed by atoms with Crippen LogP contribution in [0, 0.1) is 9.39 Å². The Morgan fingerprint density at radius 2 is 2.33 bits per heavy atom. The Labute approximate surface area is 84.4 Å². The Hall–Kier alpha value is -0.580. The molecule has 1 aromatic rings. The fourth-order valence-electron chi connectivity index (χ4n) is 0.737. The largest absolute Gasteiger partial charge is 0.488 e. The first-order valence-corrected chi connectivity index (χ1v) is 4.50. The van der Waals surface area contributed by atoms with E-state index in [1.54, 1.807) is 12.1 Å². The monoisotopic (exact) mass is 278 g/mol. The summed E-state index contributed by atoms with van der Waals surface area (Å²) in [5, 5.41) is 0. The van der Waals surface area contributed by atoms with E-state index >= 15 is 0 Å². The fraction of sp³-hybridized carbons (Fsp3) is 0.111. The van der Waals surface area contributed by atoms with E-state index in [4.69, 9.17) is 4.74 Å². The topological polar surface area (TPSA) is 9.23 Å². The summed E-state index contributed by atoms with van der Waals surface area (Å²) in [6.45, 7) is 3.91. The summed E-state index contributed by atoms with van der Waals surface area (Å²) in [6, 6.07) is 4.45. The highest BCUT2D eigenvalue weighted by Gasteiger charge is 2.00. The molecule has 0 aliphatic heterocycles. The van der Waals surface area contributed by atoms with Gasteiger partial charge in [-0.3, -0.25) is 0 Å². The average molecular weight is 278 g/mol. The van der Waals surface area contributed by atoms with E-state index < -0.39 is 0 Å².